The number of halogens is 1. The third kappa shape index (κ3) is 4.87. The molecule has 1 amide bonds. The maximum absolute atomic E-state index is 14.2. The summed E-state index contributed by atoms with van der Waals surface area (Å²) in [5.74, 6) is -0.670. The fourth-order valence-corrected chi connectivity index (χ4v) is 2.45. The number of nitrogens with two attached hydrogens (primary N) is 1. The average Bonchev–Trinajstić information content (AvgIpc) is 2.65. The number of aromatic nitrogens is 2. The van der Waals surface area contributed by atoms with Crippen LogP contribution in [0.25, 0.3) is 0 Å². The Bertz CT molecular complexity index is 751. The summed E-state index contributed by atoms with van der Waals surface area (Å²) in [4.78, 5) is 21.1. The van der Waals surface area contributed by atoms with Crippen LogP contribution in [0.3, 0.4) is 0 Å². The molecular weight excluding hydrogens is 341 g/mol. The van der Waals surface area contributed by atoms with Crippen LogP contribution in [-0.4, -0.2) is 60.2 Å². The summed E-state index contributed by atoms with van der Waals surface area (Å²) in [6.45, 7) is 4.30. The van der Waals surface area contributed by atoms with E-state index in [1.807, 2.05) is 0 Å². The molecule has 1 aliphatic rings. The zero-order chi connectivity index (χ0) is 18.4. The molecule has 0 saturated carbocycles. The first-order chi connectivity index (χ1) is 12.6. The van der Waals surface area contributed by atoms with E-state index in [-0.39, 0.29) is 17.3 Å². The summed E-state index contributed by atoms with van der Waals surface area (Å²) in [6, 6.07) is 4.52. The van der Waals surface area contributed by atoms with Crippen LogP contribution >= 0.6 is 0 Å². The van der Waals surface area contributed by atoms with Crippen molar-refractivity contribution in [3.8, 4) is 5.75 Å². The molecule has 3 rings (SSSR count). The lowest BCUT2D eigenvalue weighted by atomic mass is 10.3. The van der Waals surface area contributed by atoms with Crippen molar-refractivity contribution in [1.82, 2.24) is 14.9 Å². The molecule has 1 aliphatic heterocycles. The lowest BCUT2D eigenvalue weighted by Gasteiger charge is -2.26. The number of morpholine rings is 1. The van der Waals surface area contributed by atoms with Gasteiger partial charge in [0, 0.05) is 43.8 Å². The number of amides is 1. The van der Waals surface area contributed by atoms with Crippen LogP contribution in [0, 0.1) is 5.82 Å². The van der Waals surface area contributed by atoms with Crippen LogP contribution in [0.5, 0.6) is 5.75 Å². The number of ether oxygens (including phenoxy) is 2. The van der Waals surface area contributed by atoms with Gasteiger partial charge in [0.1, 0.15) is 6.61 Å². The van der Waals surface area contributed by atoms with Crippen molar-refractivity contribution in [2.75, 3.05) is 44.8 Å². The Morgan fingerprint density at radius 3 is 2.69 bits per heavy atom. The van der Waals surface area contributed by atoms with Gasteiger partial charge >= 0.3 is 0 Å². The maximum Gasteiger partial charge on any atom is 0.251 e. The smallest absolute Gasteiger partial charge is 0.251 e. The van der Waals surface area contributed by atoms with E-state index in [2.05, 4.69) is 20.2 Å². The summed E-state index contributed by atoms with van der Waals surface area (Å²) in [5.41, 5.74) is 5.80. The monoisotopic (exact) mass is 361 g/mol. The molecule has 0 aliphatic carbocycles. The molecule has 0 bridgehead atoms. The van der Waals surface area contributed by atoms with Crippen molar-refractivity contribution >= 4 is 17.5 Å². The standard InChI is InChI=1S/C17H20FN5O3/c18-14-9-13(22-17-20-10-12(11-21-17)16(19)24)1-2-15(14)26-8-5-23-3-6-25-7-4-23/h1-2,9-11H,3-8H2,(H2,19,24)(H,20,21,22). The summed E-state index contributed by atoms with van der Waals surface area (Å²) < 4.78 is 25.0. The number of carbonyl (C=O) groups excluding carboxylic acids is 1. The van der Waals surface area contributed by atoms with Gasteiger partial charge < -0.3 is 20.5 Å². The van der Waals surface area contributed by atoms with E-state index in [1.165, 1.54) is 18.5 Å². The molecule has 138 valence electrons. The van der Waals surface area contributed by atoms with Crippen molar-refractivity contribution in [1.29, 1.82) is 0 Å². The molecule has 0 radical (unpaired) electrons. The largest absolute Gasteiger partial charge is 0.489 e. The molecule has 8 nitrogen and oxygen atoms in total. The van der Waals surface area contributed by atoms with Gasteiger partial charge in [-0.05, 0) is 12.1 Å². The van der Waals surface area contributed by atoms with Gasteiger partial charge in [-0.1, -0.05) is 0 Å². The minimum Gasteiger partial charge on any atom is -0.489 e. The highest BCUT2D eigenvalue weighted by Gasteiger charge is 2.11. The molecule has 1 aromatic heterocycles. The molecule has 26 heavy (non-hydrogen) atoms. The summed E-state index contributed by atoms with van der Waals surface area (Å²) in [7, 11) is 0. The Morgan fingerprint density at radius 2 is 2.04 bits per heavy atom. The number of nitrogens with zero attached hydrogens (tertiary/aromatic N) is 3. The van der Waals surface area contributed by atoms with Gasteiger partial charge in [-0.2, -0.15) is 0 Å². The third-order valence-corrected chi connectivity index (χ3v) is 3.89. The minimum absolute atomic E-state index is 0.189. The van der Waals surface area contributed by atoms with Gasteiger partial charge in [0.15, 0.2) is 11.6 Å². The zero-order valence-corrected chi connectivity index (χ0v) is 14.2. The molecule has 0 spiro atoms. The van der Waals surface area contributed by atoms with Crippen molar-refractivity contribution in [3.05, 3.63) is 42.0 Å². The molecule has 3 N–H and O–H groups in total. The number of primary amides is 1. The third-order valence-electron chi connectivity index (χ3n) is 3.89. The quantitative estimate of drug-likeness (QED) is 0.763. The number of rotatable bonds is 7. The Hall–Kier alpha value is -2.78. The van der Waals surface area contributed by atoms with Crippen molar-refractivity contribution in [2.24, 2.45) is 5.73 Å². The van der Waals surface area contributed by atoms with Crippen molar-refractivity contribution < 1.29 is 18.7 Å². The zero-order valence-electron chi connectivity index (χ0n) is 14.2. The lowest BCUT2D eigenvalue weighted by Crippen LogP contribution is -2.38. The summed E-state index contributed by atoms with van der Waals surface area (Å²) >= 11 is 0. The Morgan fingerprint density at radius 1 is 1.31 bits per heavy atom. The summed E-state index contributed by atoms with van der Waals surface area (Å²) in [5, 5.41) is 2.85. The molecular formula is C17H20FN5O3. The number of benzene rings is 1. The van der Waals surface area contributed by atoms with Crippen LogP contribution in [0.15, 0.2) is 30.6 Å². The van der Waals surface area contributed by atoms with E-state index in [0.29, 0.717) is 12.3 Å². The molecule has 1 saturated heterocycles. The van der Waals surface area contributed by atoms with Crippen LogP contribution in [-0.2, 0) is 4.74 Å². The van der Waals surface area contributed by atoms with Gasteiger partial charge in [0.25, 0.3) is 5.91 Å². The van der Waals surface area contributed by atoms with Gasteiger partial charge in [-0.3, -0.25) is 9.69 Å². The molecule has 2 heterocycles. The van der Waals surface area contributed by atoms with E-state index >= 15 is 0 Å². The van der Waals surface area contributed by atoms with Crippen LogP contribution < -0.4 is 15.8 Å². The van der Waals surface area contributed by atoms with E-state index in [0.717, 1.165) is 32.8 Å². The predicted octanol–water partition coefficient (Wildman–Crippen LogP) is 1.17. The second kappa shape index (κ2) is 8.54. The first kappa shape index (κ1) is 18.0. The molecule has 1 aromatic carbocycles. The number of hydrogen-bond acceptors (Lipinski definition) is 7. The first-order valence-corrected chi connectivity index (χ1v) is 8.23. The number of carbonyl (C=O) groups is 1. The highest BCUT2D eigenvalue weighted by molar-refractivity contribution is 5.92. The first-order valence-electron chi connectivity index (χ1n) is 8.23. The van der Waals surface area contributed by atoms with Crippen molar-refractivity contribution in [2.45, 2.75) is 0 Å². The second-order valence-corrected chi connectivity index (χ2v) is 5.73. The topological polar surface area (TPSA) is 103 Å². The normalized spacial score (nSPS) is 14.8. The second-order valence-electron chi connectivity index (χ2n) is 5.73. The van der Waals surface area contributed by atoms with E-state index in [4.69, 9.17) is 15.2 Å². The van der Waals surface area contributed by atoms with E-state index in [1.54, 1.807) is 12.1 Å². The van der Waals surface area contributed by atoms with E-state index in [9.17, 15) is 9.18 Å². The summed E-state index contributed by atoms with van der Waals surface area (Å²) in [6.07, 6.45) is 2.61. The SMILES string of the molecule is NC(=O)c1cnc(Nc2ccc(OCCN3CCOCC3)c(F)c2)nc1. The van der Waals surface area contributed by atoms with Gasteiger partial charge in [-0.15, -0.1) is 0 Å². The fraction of sp³-hybridized carbons (Fsp3) is 0.353. The van der Waals surface area contributed by atoms with Gasteiger partial charge in [0.05, 0.1) is 18.8 Å². The molecule has 0 unspecified atom stereocenters. The van der Waals surface area contributed by atoms with Gasteiger partial charge in [0.2, 0.25) is 5.95 Å². The Kier molecular flexibility index (Phi) is 5.92. The Labute approximate surface area is 150 Å². The van der Waals surface area contributed by atoms with Crippen LogP contribution in [0.1, 0.15) is 10.4 Å². The lowest BCUT2D eigenvalue weighted by molar-refractivity contribution is 0.0320. The number of hydrogen-bond donors (Lipinski definition) is 2. The average molecular weight is 361 g/mol. The molecule has 1 fully saturated rings. The minimum atomic E-state index is -0.610. The molecule has 2 aromatic rings. The molecule has 0 atom stereocenters. The predicted molar refractivity (Wildman–Crippen MR) is 93.0 cm³/mol. The van der Waals surface area contributed by atoms with Gasteiger partial charge in [-0.25, -0.2) is 14.4 Å². The van der Waals surface area contributed by atoms with E-state index < -0.39 is 11.7 Å². The number of nitrogens with one attached hydrogen (secondary N) is 1. The maximum atomic E-state index is 14.2. The molecule has 9 heteroatoms. The highest BCUT2D eigenvalue weighted by Crippen LogP contribution is 2.22. The van der Waals surface area contributed by atoms with Crippen molar-refractivity contribution in [3.63, 3.8) is 0 Å². The Balaban J connectivity index is 1.54. The number of anilines is 2. The fourth-order valence-electron chi connectivity index (χ4n) is 2.45. The highest BCUT2D eigenvalue weighted by atomic mass is 19.1. The van der Waals surface area contributed by atoms with Crippen LogP contribution in [0.2, 0.25) is 0 Å². The van der Waals surface area contributed by atoms with Crippen LogP contribution in [0.4, 0.5) is 16.0 Å².